The van der Waals surface area contributed by atoms with Gasteiger partial charge >= 0.3 is 11.7 Å². The maximum Gasteiger partial charge on any atom is 0.335 e. The van der Waals surface area contributed by atoms with E-state index in [0.717, 1.165) is 12.1 Å². The van der Waals surface area contributed by atoms with Gasteiger partial charge in [-0.05, 0) is 31.2 Å². The lowest BCUT2D eigenvalue weighted by molar-refractivity contribution is -0.385. The monoisotopic (exact) mass is 390 g/mol. The predicted molar refractivity (Wildman–Crippen MR) is 97.7 cm³/mol. The van der Waals surface area contributed by atoms with E-state index in [9.17, 15) is 24.8 Å². The van der Waals surface area contributed by atoms with Crippen LogP contribution in [0.25, 0.3) is 0 Å². The number of rotatable bonds is 8. The summed E-state index contributed by atoms with van der Waals surface area (Å²) in [6.45, 7) is 2.09. The Morgan fingerprint density at radius 1 is 1.07 bits per heavy atom. The Bertz CT molecular complexity index is 926. The third kappa shape index (κ3) is 4.29. The van der Waals surface area contributed by atoms with Crippen molar-refractivity contribution in [3.05, 3.63) is 51.6 Å². The summed E-state index contributed by atoms with van der Waals surface area (Å²) in [7, 11) is 2.63. The fourth-order valence-corrected chi connectivity index (χ4v) is 2.40. The van der Waals surface area contributed by atoms with Gasteiger partial charge in [-0.15, -0.1) is 0 Å². The number of carbonyl (C=O) groups is 2. The number of amides is 1. The molecule has 0 bridgehead atoms. The number of benzene rings is 2. The largest absolute Gasteiger partial charge is 0.493 e. The first kappa shape index (κ1) is 20.5. The first-order valence-electron chi connectivity index (χ1n) is 8.06. The molecule has 0 spiro atoms. The molecule has 2 aromatic carbocycles. The van der Waals surface area contributed by atoms with Crippen LogP contribution in [0.1, 0.15) is 27.6 Å². The number of carbonyl (C=O) groups excluding carboxylic acids is 1. The lowest BCUT2D eigenvalue weighted by Crippen LogP contribution is -2.22. The first-order chi connectivity index (χ1) is 13.3. The van der Waals surface area contributed by atoms with E-state index in [0.29, 0.717) is 6.54 Å². The van der Waals surface area contributed by atoms with Crippen molar-refractivity contribution in [2.45, 2.75) is 6.92 Å². The Hall–Kier alpha value is -3.82. The fourth-order valence-electron chi connectivity index (χ4n) is 2.40. The fraction of sp³-hybridized carbons (Fsp3) is 0.222. The highest BCUT2D eigenvalue weighted by atomic mass is 16.6. The lowest BCUT2D eigenvalue weighted by atomic mass is 10.1. The van der Waals surface area contributed by atoms with E-state index in [1.165, 1.54) is 32.4 Å². The molecule has 0 saturated heterocycles. The van der Waals surface area contributed by atoms with Crippen molar-refractivity contribution in [3.63, 3.8) is 0 Å². The van der Waals surface area contributed by atoms with Crippen LogP contribution in [0.2, 0.25) is 0 Å². The number of aromatic carboxylic acids is 1. The van der Waals surface area contributed by atoms with Crippen molar-refractivity contribution in [3.8, 4) is 23.0 Å². The number of hydrogen-bond donors (Lipinski definition) is 2. The van der Waals surface area contributed by atoms with Crippen LogP contribution < -0.4 is 19.5 Å². The maximum atomic E-state index is 11.9. The summed E-state index contributed by atoms with van der Waals surface area (Å²) in [5, 5.41) is 23.2. The summed E-state index contributed by atoms with van der Waals surface area (Å²) < 4.78 is 15.9. The summed E-state index contributed by atoms with van der Waals surface area (Å²) in [5.74, 6) is -1.85. The molecule has 0 aliphatic carbocycles. The normalized spacial score (nSPS) is 10.1. The smallest absolute Gasteiger partial charge is 0.335 e. The van der Waals surface area contributed by atoms with Crippen LogP contribution in [0.4, 0.5) is 5.69 Å². The average molecular weight is 390 g/mol. The zero-order valence-electron chi connectivity index (χ0n) is 15.3. The minimum absolute atomic E-state index is 0.0644. The third-order valence-electron chi connectivity index (χ3n) is 3.67. The highest BCUT2D eigenvalue weighted by Crippen LogP contribution is 2.42. The second-order valence-corrected chi connectivity index (χ2v) is 5.42. The Balaban J connectivity index is 2.55. The molecule has 1 amide bonds. The van der Waals surface area contributed by atoms with Crippen molar-refractivity contribution in [1.29, 1.82) is 0 Å². The summed E-state index contributed by atoms with van der Waals surface area (Å²) in [5.41, 5.74) is -0.538. The van der Waals surface area contributed by atoms with Crippen molar-refractivity contribution < 1.29 is 33.8 Å². The molecule has 0 aromatic heterocycles. The van der Waals surface area contributed by atoms with Crippen LogP contribution >= 0.6 is 0 Å². The molecule has 28 heavy (non-hydrogen) atoms. The number of nitrogens with one attached hydrogen (secondary N) is 1. The SMILES string of the molecule is CCNC(=O)c1ccc(Oc2cc(C(=O)O)cc(OC)c2OC)c([N+](=O)[O-])c1. The Kier molecular flexibility index (Phi) is 6.38. The molecule has 10 nitrogen and oxygen atoms in total. The highest BCUT2D eigenvalue weighted by molar-refractivity contribution is 5.95. The van der Waals surface area contributed by atoms with E-state index in [2.05, 4.69) is 5.32 Å². The highest BCUT2D eigenvalue weighted by Gasteiger charge is 2.23. The molecule has 0 saturated carbocycles. The predicted octanol–water partition coefficient (Wildman–Crippen LogP) is 2.85. The van der Waals surface area contributed by atoms with Crippen molar-refractivity contribution in [2.24, 2.45) is 0 Å². The van der Waals surface area contributed by atoms with Gasteiger partial charge < -0.3 is 24.6 Å². The zero-order valence-corrected chi connectivity index (χ0v) is 15.3. The van der Waals surface area contributed by atoms with Gasteiger partial charge in [0.1, 0.15) is 0 Å². The number of nitrogens with zero attached hydrogens (tertiary/aromatic N) is 1. The topological polar surface area (TPSA) is 137 Å². The summed E-state index contributed by atoms with van der Waals surface area (Å²) in [6, 6.07) is 6.08. The molecule has 2 rings (SSSR count). The van der Waals surface area contributed by atoms with Gasteiger partial charge in [-0.1, -0.05) is 0 Å². The quantitative estimate of drug-likeness (QED) is 0.518. The molecule has 0 unspecified atom stereocenters. The molecule has 0 aliphatic heterocycles. The number of methoxy groups -OCH3 is 2. The van der Waals surface area contributed by atoms with Crippen molar-refractivity contribution in [2.75, 3.05) is 20.8 Å². The van der Waals surface area contributed by atoms with Gasteiger partial charge in [0.05, 0.1) is 24.7 Å². The Morgan fingerprint density at radius 3 is 2.29 bits per heavy atom. The van der Waals surface area contributed by atoms with Crippen LogP contribution in [-0.2, 0) is 0 Å². The Morgan fingerprint density at radius 2 is 1.75 bits per heavy atom. The van der Waals surface area contributed by atoms with E-state index < -0.39 is 22.5 Å². The second-order valence-electron chi connectivity index (χ2n) is 5.42. The molecule has 0 heterocycles. The Labute approximate surface area is 159 Å². The minimum atomic E-state index is -1.24. The van der Waals surface area contributed by atoms with E-state index in [-0.39, 0.29) is 34.1 Å². The first-order valence-corrected chi connectivity index (χ1v) is 8.06. The summed E-state index contributed by atoms with van der Waals surface area (Å²) >= 11 is 0. The molecule has 2 N–H and O–H groups in total. The van der Waals surface area contributed by atoms with Gasteiger partial charge in [0, 0.05) is 18.2 Å². The number of carboxylic acids is 1. The number of hydrogen-bond acceptors (Lipinski definition) is 7. The molecule has 0 atom stereocenters. The van der Waals surface area contributed by atoms with Crippen molar-refractivity contribution in [1.82, 2.24) is 5.32 Å². The molecule has 0 radical (unpaired) electrons. The number of carboxylic acid groups (broad SMARTS) is 1. The van der Waals surface area contributed by atoms with E-state index >= 15 is 0 Å². The van der Waals surface area contributed by atoms with Crippen LogP contribution in [0.5, 0.6) is 23.0 Å². The second kappa shape index (κ2) is 8.71. The van der Waals surface area contributed by atoms with Crippen LogP contribution in [0, 0.1) is 10.1 Å². The van der Waals surface area contributed by atoms with E-state index in [4.69, 9.17) is 14.2 Å². The molecule has 148 valence electrons. The molecular weight excluding hydrogens is 372 g/mol. The number of ether oxygens (including phenoxy) is 3. The van der Waals surface area contributed by atoms with E-state index in [1.807, 2.05) is 0 Å². The molecule has 2 aromatic rings. The van der Waals surface area contributed by atoms with Gasteiger partial charge in [0.2, 0.25) is 11.5 Å². The van der Waals surface area contributed by atoms with Crippen LogP contribution in [0.15, 0.2) is 30.3 Å². The molecular formula is C18H18N2O8. The lowest BCUT2D eigenvalue weighted by Gasteiger charge is -2.15. The standard InChI is InChI=1S/C18H18N2O8/c1-4-19-17(21)10-5-6-13(12(7-10)20(24)25)28-15-9-11(18(22)23)8-14(26-2)16(15)27-3/h5-9H,4H2,1-3H3,(H,19,21)(H,22,23). The molecule has 0 fully saturated rings. The average Bonchev–Trinajstić information content (AvgIpc) is 2.67. The molecule has 0 aliphatic rings. The van der Waals surface area contributed by atoms with Gasteiger partial charge in [0.15, 0.2) is 11.5 Å². The number of nitro groups is 1. The zero-order chi connectivity index (χ0) is 20.8. The maximum absolute atomic E-state index is 11.9. The van der Waals surface area contributed by atoms with Crippen LogP contribution in [0.3, 0.4) is 0 Å². The minimum Gasteiger partial charge on any atom is -0.493 e. The summed E-state index contributed by atoms with van der Waals surface area (Å²) in [4.78, 5) is 34.0. The van der Waals surface area contributed by atoms with Gasteiger partial charge in [-0.25, -0.2) is 4.79 Å². The van der Waals surface area contributed by atoms with E-state index in [1.54, 1.807) is 6.92 Å². The third-order valence-corrected chi connectivity index (χ3v) is 3.67. The van der Waals surface area contributed by atoms with Crippen LogP contribution in [-0.4, -0.2) is 42.7 Å². The summed E-state index contributed by atoms with van der Waals surface area (Å²) in [6.07, 6.45) is 0. The van der Waals surface area contributed by atoms with Gasteiger partial charge in [-0.2, -0.15) is 0 Å². The molecule has 10 heteroatoms. The van der Waals surface area contributed by atoms with Gasteiger partial charge in [0.25, 0.3) is 5.91 Å². The van der Waals surface area contributed by atoms with Crippen molar-refractivity contribution >= 4 is 17.6 Å². The number of nitro benzene ring substituents is 1. The van der Waals surface area contributed by atoms with Gasteiger partial charge in [-0.3, -0.25) is 14.9 Å².